The summed E-state index contributed by atoms with van der Waals surface area (Å²) in [6, 6.07) is -6.53. The summed E-state index contributed by atoms with van der Waals surface area (Å²) >= 11 is 0. The van der Waals surface area contributed by atoms with E-state index in [0.717, 1.165) is 43.2 Å². The SMILES string of the molecule is CC(C)C[C@H](NC(=O)CNC(=O)CNC(=O)[C@@H](N)CCCNC(=N)N)C(=O)N[C@H]1CSSC[C@@H](C(=O)N[C@H](C(=O)NCC(=O)N[C@@H](CCCNC(=N)N)C(N)=O)C(C)C)NC(=O)[C@H](C(C)C)NC(=O)[C@@H]2CSSC[C@H](NC(=O)[C@H](Cc3ccc(O)cc3)NC1=O)C(=O)N[C@@H](CCCNC(=N)N)C(=O)NCC(=O)N[C@H](CCCNC(=N)N)C(=O)N[C@@H](Cc1ccccc1)C(=O)N2. The molecule has 0 aromatic heterocycles. The molecule has 0 spiro atoms. The number of phenolic OH excluding ortho intramolecular Hbond substituents is 1. The van der Waals surface area contributed by atoms with Crippen LogP contribution in [-0.2, 0) is 94.3 Å². The molecule has 48 nitrogen and oxygen atoms in total. The fourth-order valence-electron chi connectivity index (χ4n) is 12.4. The Hall–Kier alpha value is -12.3. The molecule has 13 atom stereocenters. The number of hydrogen-bond donors (Lipinski definition) is 31. The molecule has 2 heterocycles. The van der Waals surface area contributed by atoms with Gasteiger partial charge < -0.3 is 146 Å². The summed E-state index contributed by atoms with van der Waals surface area (Å²) in [6.07, 6.45) is -0.362. The smallest absolute Gasteiger partial charge is 0.244 e. The van der Waals surface area contributed by atoms with Crippen LogP contribution in [0.1, 0.15) is 110 Å². The van der Waals surface area contributed by atoms with E-state index in [-0.39, 0.29) is 113 Å². The van der Waals surface area contributed by atoms with Crippen LogP contribution in [0.3, 0.4) is 0 Å². The summed E-state index contributed by atoms with van der Waals surface area (Å²) < 4.78 is 0. The van der Waals surface area contributed by atoms with Crippen molar-refractivity contribution in [1.29, 1.82) is 21.6 Å². The normalized spacial score (nSPS) is 20.6. The van der Waals surface area contributed by atoms with Gasteiger partial charge in [-0.2, -0.15) is 0 Å². The van der Waals surface area contributed by atoms with Crippen molar-refractivity contribution in [3.05, 3.63) is 65.7 Å². The average molecular weight is 1900 g/mol. The van der Waals surface area contributed by atoms with E-state index in [0.29, 0.717) is 12.0 Å². The third-order valence-corrected chi connectivity index (χ3v) is 24.2. The number of hydrogen-bond acceptors (Lipinski definition) is 27. The topological polar surface area (TPSA) is 803 Å². The lowest BCUT2D eigenvalue weighted by atomic mass is 10.0. The Kier molecular flexibility index (Phi) is 49.3. The summed E-state index contributed by atoms with van der Waals surface area (Å²) in [5, 5.41) is 92.1. The highest BCUT2D eigenvalue weighted by Crippen LogP contribution is 2.27. The quantitative estimate of drug-likeness (QED) is 0.0128. The Morgan fingerprint density at radius 2 is 0.915 bits per heavy atom. The molecule has 2 bridgehead atoms. The van der Waals surface area contributed by atoms with Crippen molar-refractivity contribution < 1.29 is 86.6 Å². The minimum Gasteiger partial charge on any atom is -0.508 e. The Balaban J connectivity index is 1.98. The number of nitrogens with one attached hydrogen (secondary N) is 24. The lowest BCUT2D eigenvalue weighted by Gasteiger charge is -2.30. The lowest BCUT2D eigenvalue weighted by Crippen LogP contribution is -2.62. The molecule has 2 fully saturated rings. The van der Waals surface area contributed by atoms with Gasteiger partial charge >= 0.3 is 0 Å². The second-order valence-electron chi connectivity index (χ2n) is 31.4. The van der Waals surface area contributed by atoms with Gasteiger partial charge in [-0.25, -0.2) is 0 Å². The molecule has 2 aliphatic rings. The van der Waals surface area contributed by atoms with Crippen LogP contribution >= 0.6 is 43.2 Å². The predicted molar refractivity (Wildman–Crippen MR) is 490 cm³/mol. The van der Waals surface area contributed by atoms with Crippen LogP contribution in [-0.4, -0.2) is 283 Å². The Bertz CT molecular complexity index is 4240. The van der Waals surface area contributed by atoms with E-state index in [4.69, 9.17) is 56.0 Å². The summed E-state index contributed by atoms with van der Waals surface area (Å²) in [6.45, 7) is 6.98. The van der Waals surface area contributed by atoms with Crippen LogP contribution in [0.15, 0.2) is 54.6 Å². The van der Waals surface area contributed by atoms with Crippen LogP contribution in [0.2, 0.25) is 0 Å². The lowest BCUT2D eigenvalue weighted by molar-refractivity contribution is -0.136. The first-order chi connectivity index (χ1) is 61.5. The fraction of sp³-hybridized carbons (Fsp3) is 0.577. The molecular weight excluding hydrogens is 1770 g/mol. The molecule has 0 radical (unpaired) electrons. The van der Waals surface area contributed by atoms with Gasteiger partial charge in [-0.05, 0) is 98.8 Å². The number of carbonyl (C=O) groups is 17. The van der Waals surface area contributed by atoms with Crippen LogP contribution < -0.4 is 141 Å². The zero-order valence-corrected chi connectivity index (χ0v) is 76.4. The van der Waals surface area contributed by atoms with Gasteiger partial charge in [0.05, 0.1) is 32.2 Å². The summed E-state index contributed by atoms with van der Waals surface area (Å²) in [7, 11) is 3.28. The number of guanidine groups is 4. The van der Waals surface area contributed by atoms with E-state index in [9.17, 15) is 53.1 Å². The van der Waals surface area contributed by atoms with E-state index in [1.165, 1.54) is 38.1 Å². The maximum absolute atomic E-state index is 15.5. The average Bonchev–Trinajstić information content (AvgIpc) is 0.846. The second-order valence-corrected chi connectivity index (χ2v) is 36.6. The molecule has 2 saturated heterocycles. The zero-order valence-electron chi connectivity index (χ0n) is 73.2. The third-order valence-electron chi connectivity index (χ3n) is 19.4. The standard InChI is InChI=1S/C78H126N30O18S4/c1-39(2)28-49(99-57(111)32-93-56(110)31-94-63(115)45(79)16-10-24-89-75(81)82)66(118)103-53-36-128-130-38-55(72(124)107-60(40(3)4)73(125)96-34-58(112)97-46(62(80)114)17-11-25-90-76(83)84)106-74(126)61(41(5)6)108-71(123)54-37-129-127-35-52(104-68(120)51(102-70(53)122)30-43-20-22-44(109)23-21-43)69(121)100-47(18-12-26-91-77(85)86)64(116)95-33-59(113)98-48(19-13-27-92-78(87)88)65(117)101-50(67(119)105-54)29-42-14-8-7-9-15-42/h7-9,14-15,20-23,39-41,45-55,60-61,109H,10-13,16-19,24-38,79H2,1-6H3,(H2,80,114)(H,93,110)(H,94,115)(H,95,116)(H,96,125)(H,97,112)(H,98,113)(H,99,111)(H,100,121)(H,101,117)(H,102,122)(H,103,118)(H,104,120)(H,105,119)(H,106,126)(H,107,124)(H,108,123)(H4,81,82,89)(H4,83,84,90)(H4,85,86,91)(H4,87,88,92)/t45-,46-,47-,48+,49-,50-,51-,52-,53-,54-,55-,60-,61-/m0/s1. The van der Waals surface area contributed by atoms with Gasteiger partial charge in [-0.1, -0.05) is 127 Å². The van der Waals surface area contributed by atoms with Gasteiger partial charge in [-0.15, -0.1) is 0 Å². The minimum absolute atomic E-state index is 0.00702. The van der Waals surface area contributed by atoms with Crippen molar-refractivity contribution in [2.45, 2.75) is 191 Å². The van der Waals surface area contributed by atoms with Crippen molar-refractivity contribution in [3.63, 3.8) is 0 Å². The summed E-state index contributed by atoms with van der Waals surface area (Å²) in [4.78, 5) is 245. The van der Waals surface area contributed by atoms with E-state index in [2.05, 4.69) is 106 Å². The molecule has 720 valence electrons. The molecule has 4 rings (SSSR count). The molecule has 0 aliphatic carbocycles. The molecule has 130 heavy (non-hydrogen) atoms. The first-order valence-corrected chi connectivity index (χ1v) is 46.9. The van der Waals surface area contributed by atoms with E-state index < -0.39 is 258 Å². The maximum Gasteiger partial charge on any atom is 0.244 e. The van der Waals surface area contributed by atoms with Crippen LogP contribution in [0.5, 0.6) is 5.75 Å². The number of phenols is 1. The Morgan fingerprint density at radius 1 is 0.454 bits per heavy atom. The van der Waals surface area contributed by atoms with Gasteiger partial charge in [0.1, 0.15) is 78.3 Å². The van der Waals surface area contributed by atoms with Gasteiger partial charge in [0.15, 0.2) is 23.8 Å². The zero-order chi connectivity index (χ0) is 96.7. The summed E-state index contributed by atoms with van der Waals surface area (Å²) in [5.74, 6) is -22.1. The Labute approximate surface area is 767 Å². The molecule has 37 N–H and O–H groups in total. The summed E-state index contributed by atoms with van der Waals surface area (Å²) in [5.41, 5.74) is 34.1. The minimum atomic E-state index is -1.77. The monoisotopic (exact) mass is 1900 g/mol. The van der Waals surface area contributed by atoms with E-state index in [1.807, 2.05) is 0 Å². The van der Waals surface area contributed by atoms with Crippen molar-refractivity contribution in [1.82, 2.24) is 106 Å². The molecule has 2 aromatic rings. The van der Waals surface area contributed by atoms with Gasteiger partial charge in [-0.3, -0.25) is 103 Å². The number of fused-ring (bicyclic) bond motifs is 5. The predicted octanol–water partition coefficient (Wildman–Crippen LogP) is -8.53. The van der Waals surface area contributed by atoms with Crippen molar-refractivity contribution in [2.24, 2.45) is 52.2 Å². The third kappa shape index (κ3) is 43.2. The first kappa shape index (κ1) is 110. The largest absolute Gasteiger partial charge is 0.508 e. The molecule has 2 aromatic carbocycles. The first-order valence-electron chi connectivity index (χ1n) is 41.9. The van der Waals surface area contributed by atoms with Crippen LogP contribution in [0.25, 0.3) is 0 Å². The molecular formula is C78H126N30O18S4. The fourth-order valence-corrected chi connectivity index (χ4v) is 17.1. The van der Waals surface area contributed by atoms with E-state index in [1.54, 1.807) is 58.0 Å². The van der Waals surface area contributed by atoms with Crippen molar-refractivity contribution in [3.8, 4) is 5.75 Å². The molecule has 2 aliphatic heterocycles. The highest BCUT2D eigenvalue weighted by Gasteiger charge is 2.39. The van der Waals surface area contributed by atoms with Crippen molar-refractivity contribution in [2.75, 3.05) is 75.4 Å². The maximum atomic E-state index is 15.5. The molecule has 52 heteroatoms. The molecule has 0 saturated carbocycles. The van der Waals surface area contributed by atoms with E-state index >= 15 is 33.6 Å². The number of rotatable bonds is 39. The van der Waals surface area contributed by atoms with Crippen LogP contribution in [0, 0.1) is 39.4 Å². The number of benzene rings is 2. The number of amides is 17. The number of nitrogens with two attached hydrogens (primary N) is 6. The van der Waals surface area contributed by atoms with Gasteiger partial charge in [0, 0.05) is 62.0 Å². The van der Waals surface area contributed by atoms with Gasteiger partial charge in [0.25, 0.3) is 0 Å². The highest BCUT2D eigenvalue weighted by atomic mass is 33.1. The number of primary amides is 1. The van der Waals surface area contributed by atoms with Crippen LogP contribution in [0.4, 0.5) is 0 Å². The Morgan fingerprint density at radius 3 is 1.45 bits per heavy atom. The van der Waals surface area contributed by atoms with Crippen molar-refractivity contribution >= 4 is 167 Å². The molecule has 17 amide bonds. The highest BCUT2D eigenvalue weighted by molar-refractivity contribution is 8.77. The van der Waals surface area contributed by atoms with Gasteiger partial charge in [0.2, 0.25) is 100 Å². The second kappa shape index (κ2) is 58.3. The number of aromatic hydroxyl groups is 1. The molecule has 0 unspecified atom stereocenters. The number of carbonyl (C=O) groups excluding carboxylic acids is 17.